The average Bonchev–Trinajstić information content (AvgIpc) is 3.11. The summed E-state index contributed by atoms with van der Waals surface area (Å²) in [5.41, 5.74) is -0.314. The number of benzene rings is 1. The van der Waals surface area contributed by atoms with Crippen molar-refractivity contribution >= 4 is 33.2 Å². The van der Waals surface area contributed by atoms with Crippen LogP contribution in [0.5, 0.6) is 0 Å². The fourth-order valence-electron chi connectivity index (χ4n) is 3.12. The molecule has 2 aromatic rings. The molecule has 96 valence electrons. The van der Waals surface area contributed by atoms with Crippen LogP contribution in [0.1, 0.15) is 30.6 Å². The van der Waals surface area contributed by atoms with E-state index in [1.807, 2.05) is 12.1 Å². The van der Waals surface area contributed by atoms with Gasteiger partial charge >= 0.3 is 5.97 Å². The number of ether oxygens (including phenoxy) is 1. The number of cyclic esters (lactones) is 1. The van der Waals surface area contributed by atoms with E-state index in [1.54, 1.807) is 11.3 Å². The van der Waals surface area contributed by atoms with Gasteiger partial charge in [0, 0.05) is 4.70 Å². The zero-order valence-electron chi connectivity index (χ0n) is 10.5. The Kier molecular flexibility index (Phi) is 2.33. The molecule has 1 aliphatic carbocycles. The Morgan fingerprint density at radius 1 is 1.16 bits per heavy atom. The highest BCUT2D eigenvalue weighted by atomic mass is 32.1. The summed E-state index contributed by atoms with van der Waals surface area (Å²) >= 11 is 1.69. The summed E-state index contributed by atoms with van der Waals surface area (Å²) < 4.78 is 6.79. The average molecular weight is 270 g/mol. The van der Waals surface area contributed by atoms with Crippen LogP contribution in [-0.4, -0.2) is 5.97 Å². The van der Waals surface area contributed by atoms with E-state index >= 15 is 0 Å². The smallest absolute Gasteiger partial charge is 0.321 e. The van der Waals surface area contributed by atoms with Gasteiger partial charge in [-0.3, -0.25) is 4.79 Å². The van der Waals surface area contributed by atoms with Gasteiger partial charge in [0.2, 0.25) is 0 Å². The van der Waals surface area contributed by atoms with Crippen molar-refractivity contribution in [1.82, 2.24) is 0 Å². The van der Waals surface area contributed by atoms with Crippen molar-refractivity contribution in [2.75, 3.05) is 0 Å². The second-order valence-corrected chi connectivity index (χ2v) is 6.49. The van der Waals surface area contributed by atoms with Gasteiger partial charge < -0.3 is 4.74 Å². The minimum absolute atomic E-state index is 0.0440. The molecule has 1 saturated carbocycles. The predicted octanol–water partition coefficient (Wildman–Crippen LogP) is 4.36. The third-order valence-corrected chi connectivity index (χ3v) is 5.31. The van der Waals surface area contributed by atoms with E-state index in [2.05, 4.69) is 24.3 Å². The van der Waals surface area contributed by atoms with Crippen LogP contribution in [-0.2, 0) is 9.53 Å². The Labute approximate surface area is 115 Å². The third-order valence-electron chi connectivity index (χ3n) is 4.18. The van der Waals surface area contributed by atoms with Crippen molar-refractivity contribution in [2.45, 2.75) is 25.7 Å². The Morgan fingerprint density at radius 3 is 2.74 bits per heavy atom. The zero-order valence-corrected chi connectivity index (χ0v) is 11.3. The molecule has 2 heterocycles. The number of carbonyl (C=O) groups excluding carboxylic acids is 1. The Morgan fingerprint density at radius 2 is 1.95 bits per heavy atom. The number of hydrogen-bond donors (Lipinski definition) is 0. The summed E-state index contributed by atoms with van der Waals surface area (Å²) in [6, 6.07) is 10.4. The van der Waals surface area contributed by atoms with Gasteiger partial charge in [0.1, 0.15) is 5.76 Å². The van der Waals surface area contributed by atoms with E-state index in [9.17, 15) is 4.79 Å². The quantitative estimate of drug-likeness (QED) is 0.720. The highest BCUT2D eigenvalue weighted by Crippen LogP contribution is 2.48. The summed E-state index contributed by atoms with van der Waals surface area (Å²) in [6.45, 7) is 0. The molecule has 0 N–H and O–H groups in total. The molecule has 0 atom stereocenters. The molecule has 1 aromatic heterocycles. The lowest BCUT2D eigenvalue weighted by Crippen LogP contribution is -2.21. The molecule has 2 nitrogen and oxygen atoms in total. The number of hydrogen-bond acceptors (Lipinski definition) is 3. The summed E-state index contributed by atoms with van der Waals surface area (Å²) in [7, 11) is 0. The van der Waals surface area contributed by atoms with Gasteiger partial charge in [-0.1, -0.05) is 31.0 Å². The molecule has 1 aliphatic heterocycles. The molecule has 0 unspecified atom stereocenters. The molecule has 0 bridgehead atoms. The molecule has 4 rings (SSSR count). The van der Waals surface area contributed by atoms with Gasteiger partial charge in [-0.05, 0) is 36.4 Å². The molecular weight excluding hydrogens is 256 g/mol. The monoisotopic (exact) mass is 270 g/mol. The van der Waals surface area contributed by atoms with Crippen molar-refractivity contribution in [1.29, 1.82) is 0 Å². The maximum Gasteiger partial charge on any atom is 0.321 e. The van der Waals surface area contributed by atoms with Crippen molar-refractivity contribution in [3.05, 3.63) is 41.3 Å². The topological polar surface area (TPSA) is 26.3 Å². The fraction of sp³-hybridized carbons (Fsp3) is 0.312. The van der Waals surface area contributed by atoms with Gasteiger partial charge in [0.15, 0.2) is 0 Å². The number of esters is 1. The van der Waals surface area contributed by atoms with E-state index < -0.39 is 0 Å². The van der Waals surface area contributed by atoms with Crippen molar-refractivity contribution < 1.29 is 9.53 Å². The van der Waals surface area contributed by atoms with E-state index in [4.69, 9.17) is 4.74 Å². The van der Waals surface area contributed by atoms with Crippen molar-refractivity contribution in [3.63, 3.8) is 0 Å². The van der Waals surface area contributed by atoms with E-state index in [0.717, 1.165) is 36.3 Å². The van der Waals surface area contributed by atoms with Crippen molar-refractivity contribution in [3.8, 4) is 0 Å². The van der Waals surface area contributed by atoms with Gasteiger partial charge in [-0.25, -0.2) is 0 Å². The number of rotatable bonds is 1. The first kappa shape index (κ1) is 11.2. The van der Waals surface area contributed by atoms with Crippen LogP contribution in [0.15, 0.2) is 36.4 Å². The highest BCUT2D eigenvalue weighted by Gasteiger charge is 2.46. The molecule has 3 heteroatoms. The lowest BCUT2D eigenvalue weighted by atomic mass is 9.87. The normalized spacial score (nSPS) is 21.1. The molecule has 1 aromatic carbocycles. The minimum Gasteiger partial charge on any atom is -0.425 e. The van der Waals surface area contributed by atoms with Gasteiger partial charge in [0.25, 0.3) is 0 Å². The molecule has 0 amide bonds. The molecule has 0 radical (unpaired) electrons. The fourth-order valence-corrected chi connectivity index (χ4v) is 4.14. The van der Waals surface area contributed by atoms with Crippen molar-refractivity contribution in [2.24, 2.45) is 5.41 Å². The van der Waals surface area contributed by atoms with E-state index in [1.165, 1.54) is 10.1 Å². The second-order valence-electron chi connectivity index (χ2n) is 5.41. The Bertz CT molecular complexity index is 657. The van der Waals surface area contributed by atoms with Crippen LogP contribution in [0.3, 0.4) is 0 Å². The maximum atomic E-state index is 12.1. The van der Waals surface area contributed by atoms with Gasteiger partial charge in [-0.2, -0.15) is 0 Å². The molecule has 19 heavy (non-hydrogen) atoms. The van der Waals surface area contributed by atoms with Crippen LogP contribution < -0.4 is 0 Å². The van der Waals surface area contributed by atoms with Gasteiger partial charge in [-0.15, -0.1) is 11.3 Å². The molecule has 1 fully saturated rings. The predicted molar refractivity (Wildman–Crippen MR) is 76.8 cm³/mol. The summed E-state index contributed by atoms with van der Waals surface area (Å²) in [6.07, 6.45) is 6.23. The molecule has 0 saturated heterocycles. The standard InChI is InChI=1S/C16H14O2S/c17-15-16(7-3-4-8-16)10-12(18-15)14-9-11-5-1-2-6-13(11)19-14/h1-2,5-6,9-10H,3-4,7-8H2. The Hall–Kier alpha value is -1.61. The largest absolute Gasteiger partial charge is 0.425 e. The minimum atomic E-state index is -0.314. The molecular formula is C16H14O2S. The lowest BCUT2D eigenvalue weighted by molar-refractivity contribution is -0.142. The number of thiophene rings is 1. The Balaban J connectivity index is 1.78. The SMILES string of the molecule is O=C1OC(c2cc3ccccc3s2)=CC12CCCC2. The van der Waals surface area contributed by atoms with Crippen LogP contribution >= 0.6 is 11.3 Å². The van der Waals surface area contributed by atoms with Crippen LogP contribution in [0.25, 0.3) is 15.8 Å². The first-order valence-electron chi connectivity index (χ1n) is 6.71. The number of fused-ring (bicyclic) bond motifs is 1. The molecule has 1 spiro atoms. The maximum absolute atomic E-state index is 12.1. The van der Waals surface area contributed by atoms with Crippen LogP contribution in [0, 0.1) is 5.41 Å². The highest BCUT2D eigenvalue weighted by molar-refractivity contribution is 7.20. The van der Waals surface area contributed by atoms with Crippen LogP contribution in [0.4, 0.5) is 0 Å². The van der Waals surface area contributed by atoms with E-state index in [-0.39, 0.29) is 11.4 Å². The first-order valence-corrected chi connectivity index (χ1v) is 7.53. The second kappa shape index (κ2) is 3.94. The number of carbonyl (C=O) groups is 1. The summed E-state index contributed by atoms with van der Waals surface area (Å²) in [5, 5.41) is 1.21. The summed E-state index contributed by atoms with van der Waals surface area (Å²) in [4.78, 5) is 13.2. The van der Waals surface area contributed by atoms with E-state index in [0.29, 0.717) is 0 Å². The van der Waals surface area contributed by atoms with Crippen LogP contribution in [0.2, 0.25) is 0 Å². The zero-order chi connectivity index (χ0) is 12.9. The summed E-state index contributed by atoms with van der Waals surface area (Å²) in [5.74, 6) is 0.727. The first-order chi connectivity index (χ1) is 9.27. The third kappa shape index (κ3) is 1.65. The van der Waals surface area contributed by atoms with Gasteiger partial charge in [0.05, 0.1) is 10.3 Å². The molecule has 2 aliphatic rings. The lowest BCUT2D eigenvalue weighted by Gasteiger charge is -2.13.